The van der Waals surface area contributed by atoms with E-state index in [1.165, 1.54) is 0 Å². The quantitative estimate of drug-likeness (QED) is 0.857. The van der Waals surface area contributed by atoms with Crippen molar-refractivity contribution in [3.63, 3.8) is 0 Å². The fourth-order valence-corrected chi connectivity index (χ4v) is 2.05. The van der Waals surface area contributed by atoms with Crippen molar-refractivity contribution < 1.29 is 37.1 Å². The average Bonchev–Trinajstić information content (AvgIpc) is 2.99. The highest BCUT2D eigenvalue weighted by molar-refractivity contribution is 5.97. The van der Waals surface area contributed by atoms with E-state index in [1.54, 1.807) is 0 Å². The third-order valence-electron chi connectivity index (χ3n) is 3.01. The lowest BCUT2D eigenvalue weighted by molar-refractivity contribution is -0.157. The molecule has 2 N–H and O–H groups in total. The van der Waals surface area contributed by atoms with Crippen LogP contribution in [0.25, 0.3) is 0 Å². The van der Waals surface area contributed by atoms with Crippen LogP contribution in [0.5, 0.6) is 0 Å². The second-order valence-corrected chi connectivity index (χ2v) is 4.66. The number of aromatic carboxylic acids is 1. The second kappa shape index (κ2) is 5.70. The second-order valence-electron chi connectivity index (χ2n) is 4.66. The Morgan fingerprint density at radius 3 is 2.55 bits per heavy atom. The molecule has 0 radical (unpaired) electrons. The summed E-state index contributed by atoms with van der Waals surface area (Å²) in [6.45, 7) is -1.50. The van der Waals surface area contributed by atoms with Crippen molar-refractivity contribution in [1.29, 1.82) is 0 Å². The molecule has 1 aromatic heterocycles. The summed E-state index contributed by atoms with van der Waals surface area (Å²) in [7, 11) is 0. The van der Waals surface area contributed by atoms with Gasteiger partial charge in [0.2, 0.25) is 11.7 Å². The van der Waals surface area contributed by atoms with Crippen molar-refractivity contribution >= 4 is 17.8 Å². The van der Waals surface area contributed by atoms with Gasteiger partial charge in [-0.3, -0.25) is 9.59 Å². The van der Waals surface area contributed by atoms with Gasteiger partial charge in [0.1, 0.15) is 12.6 Å². The summed E-state index contributed by atoms with van der Waals surface area (Å²) in [6, 6.07) is 1.07. The molecule has 1 aliphatic heterocycles. The van der Waals surface area contributed by atoms with Crippen molar-refractivity contribution in [1.82, 2.24) is 10.2 Å². The van der Waals surface area contributed by atoms with E-state index in [0.29, 0.717) is 4.90 Å². The van der Waals surface area contributed by atoms with Crippen LogP contribution in [0.4, 0.5) is 13.2 Å². The number of furan rings is 1. The number of halogens is 3. The zero-order valence-electron chi connectivity index (χ0n) is 11.0. The van der Waals surface area contributed by atoms with Gasteiger partial charge in [0.25, 0.3) is 5.91 Å². The van der Waals surface area contributed by atoms with Crippen molar-refractivity contribution in [3.05, 3.63) is 23.7 Å². The number of carbonyl (C=O) groups is 3. The lowest BCUT2D eigenvalue weighted by Crippen LogP contribution is -2.43. The van der Waals surface area contributed by atoms with Gasteiger partial charge in [-0.25, -0.2) is 4.79 Å². The number of carboxylic acid groups (broad SMARTS) is 1. The summed E-state index contributed by atoms with van der Waals surface area (Å²) in [5.41, 5.74) is 0. The zero-order chi connectivity index (χ0) is 16.5. The molecule has 0 aliphatic carbocycles. The first kappa shape index (κ1) is 15.9. The molecule has 7 nitrogen and oxygen atoms in total. The van der Waals surface area contributed by atoms with Crippen LogP contribution in [0, 0.1) is 0 Å². The van der Waals surface area contributed by atoms with E-state index >= 15 is 0 Å². The Morgan fingerprint density at radius 2 is 2.00 bits per heavy atom. The SMILES string of the molecule is O=C(O)c1ccc(C(=O)NC2CCN(CC(F)(F)F)C2=O)o1. The van der Waals surface area contributed by atoms with Crippen LogP contribution in [0.3, 0.4) is 0 Å². The standard InChI is InChI=1S/C12H11F3N2O5/c13-12(14,15)5-17-4-3-6(10(17)19)16-9(18)7-1-2-8(22-7)11(20)21/h1-2,6H,3-5H2,(H,16,18)(H,20,21). The Hall–Kier alpha value is -2.52. The van der Waals surface area contributed by atoms with Gasteiger partial charge in [-0.15, -0.1) is 0 Å². The lowest BCUT2D eigenvalue weighted by Gasteiger charge is -2.18. The van der Waals surface area contributed by atoms with Gasteiger partial charge in [-0.05, 0) is 18.6 Å². The summed E-state index contributed by atoms with van der Waals surface area (Å²) in [5.74, 6) is -3.86. The molecule has 1 saturated heterocycles. The maximum absolute atomic E-state index is 12.3. The first-order valence-corrected chi connectivity index (χ1v) is 6.17. The van der Waals surface area contributed by atoms with Gasteiger partial charge in [0, 0.05) is 6.54 Å². The molecule has 0 saturated carbocycles. The number of nitrogens with one attached hydrogen (secondary N) is 1. The van der Waals surface area contributed by atoms with E-state index in [0.717, 1.165) is 12.1 Å². The van der Waals surface area contributed by atoms with E-state index in [9.17, 15) is 27.6 Å². The van der Waals surface area contributed by atoms with Gasteiger partial charge in [0.05, 0.1) is 0 Å². The molecule has 2 heterocycles. The Bertz CT molecular complexity index is 610. The van der Waals surface area contributed by atoms with Crippen molar-refractivity contribution in [2.24, 2.45) is 0 Å². The molecule has 0 spiro atoms. The highest BCUT2D eigenvalue weighted by Crippen LogP contribution is 2.21. The summed E-state index contributed by atoms with van der Waals surface area (Å²) >= 11 is 0. The van der Waals surface area contributed by atoms with Crippen LogP contribution >= 0.6 is 0 Å². The van der Waals surface area contributed by atoms with Gasteiger partial charge >= 0.3 is 12.1 Å². The number of likely N-dealkylation sites (tertiary alicyclic amines) is 1. The van der Waals surface area contributed by atoms with E-state index in [4.69, 9.17) is 9.52 Å². The molecular formula is C12H11F3N2O5. The number of nitrogens with zero attached hydrogens (tertiary/aromatic N) is 1. The predicted octanol–water partition coefficient (Wildman–Crippen LogP) is 0.871. The number of carbonyl (C=O) groups excluding carboxylic acids is 2. The first-order valence-electron chi connectivity index (χ1n) is 6.17. The molecule has 0 bridgehead atoms. The molecule has 1 aliphatic rings. The number of amides is 2. The molecule has 120 valence electrons. The monoisotopic (exact) mass is 320 g/mol. The van der Waals surface area contributed by atoms with Crippen LogP contribution in [-0.4, -0.2) is 53.1 Å². The average molecular weight is 320 g/mol. The number of rotatable bonds is 4. The van der Waals surface area contributed by atoms with Crippen LogP contribution < -0.4 is 5.32 Å². The van der Waals surface area contributed by atoms with Crippen LogP contribution in [0.15, 0.2) is 16.5 Å². The summed E-state index contributed by atoms with van der Waals surface area (Å²) < 4.78 is 41.5. The fraction of sp³-hybridized carbons (Fsp3) is 0.417. The number of alkyl halides is 3. The molecule has 1 atom stereocenters. The predicted molar refractivity (Wildman–Crippen MR) is 64.2 cm³/mol. The molecule has 2 amide bonds. The summed E-state index contributed by atoms with van der Waals surface area (Å²) in [4.78, 5) is 34.8. The van der Waals surface area contributed by atoms with Gasteiger partial charge < -0.3 is 19.7 Å². The third kappa shape index (κ3) is 3.57. The smallest absolute Gasteiger partial charge is 0.406 e. The molecule has 1 aromatic rings. The van der Waals surface area contributed by atoms with Crippen LogP contribution in [0.1, 0.15) is 27.5 Å². The number of carboxylic acids is 1. The van der Waals surface area contributed by atoms with E-state index in [2.05, 4.69) is 5.32 Å². The number of hydrogen-bond acceptors (Lipinski definition) is 4. The molecule has 1 unspecified atom stereocenters. The zero-order valence-corrected chi connectivity index (χ0v) is 11.0. The normalized spacial score (nSPS) is 18.6. The van der Waals surface area contributed by atoms with Gasteiger partial charge in [-0.1, -0.05) is 0 Å². The molecule has 0 aromatic carbocycles. The third-order valence-corrected chi connectivity index (χ3v) is 3.01. The highest BCUT2D eigenvalue weighted by atomic mass is 19.4. The van der Waals surface area contributed by atoms with Crippen LogP contribution in [-0.2, 0) is 4.79 Å². The van der Waals surface area contributed by atoms with E-state index < -0.39 is 42.3 Å². The van der Waals surface area contributed by atoms with Gasteiger partial charge in [-0.2, -0.15) is 13.2 Å². The Morgan fingerprint density at radius 1 is 1.36 bits per heavy atom. The minimum atomic E-state index is -4.51. The Balaban J connectivity index is 1.97. The minimum absolute atomic E-state index is 0.0349. The first-order chi connectivity index (χ1) is 10.2. The summed E-state index contributed by atoms with van der Waals surface area (Å²) in [6.07, 6.45) is -4.47. The maximum Gasteiger partial charge on any atom is 0.406 e. The van der Waals surface area contributed by atoms with Crippen molar-refractivity contribution in [2.45, 2.75) is 18.6 Å². The van der Waals surface area contributed by atoms with Crippen molar-refractivity contribution in [2.75, 3.05) is 13.1 Å². The number of hydrogen-bond donors (Lipinski definition) is 2. The molecule has 10 heteroatoms. The molecule has 1 fully saturated rings. The lowest BCUT2D eigenvalue weighted by atomic mass is 10.2. The minimum Gasteiger partial charge on any atom is -0.475 e. The Kier molecular flexibility index (Phi) is 4.11. The van der Waals surface area contributed by atoms with Crippen molar-refractivity contribution in [3.8, 4) is 0 Å². The largest absolute Gasteiger partial charge is 0.475 e. The topological polar surface area (TPSA) is 99.8 Å². The molecule has 2 rings (SSSR count). The summed E-state index contributed by atoms with van der Waals surface area (Å²) in [5, 5.41) is 10.9. The van der Waals surface area contributed by atoms with Crippen LogP contribution in [0.2, 0.25) is 0 Å². The van der Waals surface area contributed by atoms with Gasteiger partial charge in [0.15, 0.2) is 5.76 Å². The van der Waals surface area contributed by atoms with E-state index in [-0.39, 0.29) is 18.7 Å². The fourth-order valence-electron chi connectivity index (χ4n) is 2.05. The highest BCUT2D eigenvalue weighted by Gasteiger charge is 2.40. The molecular weight excluding hydrogens is 309 g/mol. The Labute approximate surface area is 121 Å². The molecule has 22 heavy (non-hydrogen) atoms. The maximum atomic E-state index is 12.3. The van der Waals surface area contributed by atoms with E-state index in [1.807, 2.05) is 0 Å².